The number of hydrogen-bond donors (Lipinski definition) is 0. The molecule has 0 saturated heterocycles. The molecule has 0 unspecified atom stereocenters. The number of benzene rings is 12. The Hall–Kier alpha value is -9.78. The fourth-order valence-corrected chi connectivity index (χ4v) is 13.1. The maximum atomic E-state index is 2.98. The van der Waals surface area contributed by atoms with Gasteiger partial charge >= 0.3 is 472 Å². The summed E-state index contributed by atoms with van der Waals surface area (Å²) in [4.78, 5) is 9.89. The van der Waals surface area contributed by atoms with Crippen molar-refractivity contribution in [1.82, 2.24) is 4.57 Å². The number of anilines is 12. The van der Waals surface area contributed by atoms with Crippen LogP contribution in [0.4, 0.5) is 68.2 Å². The van der Waals surface area contributed by atoms with E-state index in [1.165, 1.54) is 38.2 Å². The van der Waals surface area contributed by atoms with E-state index in [9.17, 15) is 0 Å². The second-order valence-corrected chi connectivity index (χ2v) is 21.3. The third-order valence-electron chi connectivity index (χ3n) is 15.8. The van der Waals surface area contributed by atoms with E-state index in [0.29, 0.717) is 0 Å². The van der Waals surface area contributed by atoms with Crippen LogP contribution in [0.3, 0.4) is 0 Å². The summed E-state index contributed by atoms with van der Waals surface area (Å²) in [6, 6.07) is 108. The molecule has 2 aliphatic rings. The predicted octanol–water partition coefficient (Wildman–Crippen LogP) is 16.0. The first-order chi connectivity index (χ1) is 39.2. The van der Waals surface area contributed by atoms with Crippen LogP contribution in [-0.2, 0) is 0 Å². The van der Waals surface area contributed by atoms with Crippen molar-refractivity contribution in [3.8, 4) is 16.8 Å². The Morgan fingerprint density at radius 1 is 0.316 bits per heavy atom. The molecule has 0 saturated carbocycles. The van der Waals surface area contributed by atoms with Gasteiger partial charge in [-0.3, -0.25) is 0 Å². The zero-order chi connectivity index (χ0) is 52.4. The number of nitrogens with zero attached hydrogens (tertiary/aromatic N) is 5. The Bertz CT molecular complexity index is 4310. The fraction of sp³-hybridized carbons (Fsp3) is 0. The summed E-state index contributed by atoms with van der Waals surface area (Å²) in [5.41, 5.74) is 22.7. The van der Waals surface area contributed by atoms with Crippen LogP contribution in [0.15, 0.2) is 297 Å². The monoisotopic (exact) mass is 1080 g/mol. The molecule has 0 amide bonds. The first kappa shape index (κ1) is 46.5. The summed E-state index contributed by atoms with van der Waals surface area (Å²) in [6.45, 7) is -0.136. The zero-order valence-electron chi connectivity index (χ0n) is 43.1. The molecule has 0 aliphatic carbocycles. The second-order valence-electron chi connectivity index (χ2n) is 20.2. The second kappa shape index (κ2) is 19.4. The van der Waals surface area contributed by atoms with Crippen LogP contribution < -0.4 is 40.4 Å². The SMILES string of the molecule is [SeH]c1cc2c(cc1N(c1ccc(-n3c4ccccc4c4ccccc43)cc1)c1ccccc1-c1ccccc1)B1c3ccccc3N(c3ccccc3)c3cc(N(c4ccccc4)c4ccccc4)cc(c31)N2c1ccccc1. The number of aromatic nitrogens is 1. The Labute approximate surface area is 469 Å². The molecule has 372 valence electrons. The molecule has 2 aliphatic heterocycles. The summed E-state index contributed by atoms with van der Waals surface area (Å²) in [5, 5.41) is 2.49. The molecule has 5 nitrogen and oxygen atoms in total. The van der Waals surface area contributed by atoms with E-state index in [0.717, 1.165) is 89.5 Å². The number of hydrogen-bond acceptors (Lipinski definition) is 4. The van der Waals surface area contributed by atoms with E-state index < -0.39 is 0 Å². The van der Waals surface area contributed by atoms with Gasteiger partial charge < -0.3 is 0 Å². The molecule has 79 heavy (non-hydrogen) atoms. The fourth-order valence-electron chi connectivity index (χ4n) is 12.5. The van der Waals surface area contributed by atoms with Crippen molar-refractivity contribution in [2.75, 3.05) is 19.6 Å². The molecule has 0 fully saturated rings. The molecule has 0 atom stereocenters. The van der Waals surface area contributed by atoms with E-state index >= 15 is 0 Å². The van der Waals surface area contributed by atoms with Gasteiger partial charge in [0.05, 0.1) is 0 Å². The average molecular weight is 1070 g/mol. The first-order valence-electron chi connectivity index (χ1n) is 26.9. The van der Waals surface area contributed by atoms with Crippen LogP contribution in [-0.4, -0.2) is 27.3 Å². The van der Waals surface area contributed by atoms with E-state index in [2.05, 4.69) is 337 Å². The summed E-state index contributed by atoms with van der Waals surface area (Å²) in [7, 11) is 0. The number of para-hydroxylation sites is 8. The molecule has 0 radical (unpaired) electrons. The van der Waals surface area contributed by atoms with E-state index in [1.807, 2.05) is 0 Å². The van der Waals surface area contributed by atoms with Gasteiger partial charge in [0.15, 0.2) is 0 Å². The van der Waals surface area contributed by atoms with E-state index in [1.54, 1.807) is 0 Å². The van der Waals surface area contributed by atoms with Crippen molar-refractivity contribution in [3.63, 3.8) is 0 Å². The molecule has 0 N–H and O–H groups in total. The van der Waals surface area contributed by atoms with E-state index in [4.69, 9.17) is 0 Å². The minimum atomic E-state index is -0.136. The quantitative estimate of drug-likeness (QED) is 0.127. The normalized spacial score (nSPS) is 12.3. The predicted molar refractivity (Wildman–Crippen MR) is 336 cm³/mol. The van der Waals surface area contributed by atoms with Crippen LogP contribution in [0.25, 0.3) is 38.6 Å². The third kappa shape index (κ3) is 7.77. The number of rotatable bonds is 10. The van der Waals surface area contributed by atoms with Gasteiger partial charge in [-0.15, -0.1) is 0 Å². The first-order valence-corrected chi connectivity index (χ1v) is 27.9. The molecule has 3 heterocycles. The van der Waals surface area contributed by atoms with Gasteiger partial charge in [0.2, 0.25) is 0 Å². The maximum absolute atomic E-state index is 2.98. The van der Waals surface area contributed by atoms with Crippen LogP contribution in [0.1, 0.15) is 0 Å². The molecule has 13 aromatic rings. The van der Waals surface area contributed by atoms with Crippen molar-refractivity contribution < 1.29 is 0 Å². The van der Waals surface area contributed by atoms with Crippen LogP contribution in [0.5, 0.6) is 0 Å². The van der Waals surface area contributed by atoms with Gasteiger partial charge in [-0.2, -0.15) is 0 Å². The molecule has 1 aromatic heterocycles. The molecule has 7 heteroatoms. The van der Waals surface area contributed by atoms with Gasteiger partial charge in [0.25, 0.3) is 0 Å². The van der Waals surface area contributed by atoms with Gasteiger partial charge in [0, 0.05) is 0 Å². The van der Waals surface area contributed by atoms with Crippen LogP contribution >= 0.6 is 0 Å². The minimum absolute atomic E-state index is 0.136. The summed E-state index contributed by atoms with van der Waals surface area (Å²) in [5.74, 6) is 0. The van der Waals surface area contributed by atoms with Crippen molar-refractivity contribution in [3.05, 3.63) is 297 Å². The average Bonchev–Trinajstić information content (AvgIpc) is 4.06. The Kier molecular flexibility index (Phi) is 11.4. The topological polar surface area (TPSA) is 17.9 Å². The van der Waals surface area contributed by atoms with Gasteiger partial charge in [-0.25, -0.2) is 0 Å². The summed E-state index contributed by atoms with van der Waals surface area (Å²) in [6.07, 6.45) is 0. The van der Waals surface area contributed by atoms with Crippen molar-refractivity contribution >= 4 is 134 Å². The molecule has 12 aromatic carbocycles. The Balaban J connectivity index is 0.996. The van der Waals surface area contributed by atoms with Crippen molar-refractivity contribution in [2.24, 2.45) is 0 Å². The third-order valence-corrected chi connectivity index (χ3v) is 16.5. The molecular formula is C72H50BN5Se. The number of fused-ring (bicyclic) bond motifs is 7. The molecular weight excluding hydrogens is 1020 g/mol. The summed E-state index contributed by atoms with van der Waals surface area (Å²) >= 11 is 2.98. The Morgan fingerprint density at radius 2 is 0.797 bits per heavy atom. The van der Waals surface area contributed by atoms with Crippen LogP contribution in [0, 0.1) is 0 Å². The van der Waals surface area contributed by atoms with Gasteiger partial charge in [-0.1, -0.05) is 0 Å². The molecule has 15 rings (SSSR count). The van der Waals surface area contributed by atoms with Gasteiger partial charge in [-0.05, 0) is 0 Å². The van der Waals surface area contributed by atoms with Crippen molar-refractivity contribution in [1.29, 1.82) is 0 Å². The zero-order valence-corrected chi connectivity index (χ0v) is 44.9. The summed E-state index contributed by atoms with van der Waals surface area (Å²) < 4.78 is 3.49. The Morgan fingerprint density at radius 3 is 1.41 bits per heavy atom. The van der Waals surface area contributed by atoms with Crippen LogP contribution in [0.2, 0.25) is 0 Å². The standard InChI is InChI=1S/C72H50BN5Se/c79-71-49-67-62(48-68(71)76(63-38-20-16-34-58(63)50-24-6-1-7-25-50)56-44-42-55(43-45-56)75-64-39-21-17-35-59(64)60-36-18-22-40-65(60)75)73-61-37-19-23-41-66(61)77(53-30-12-4-13-31-53)69-46-57(47-70(72(69)73)78(67)54-32-14-5-15-33-54)74(51-26-8-2-9-27-51)52-28-10-3-11-29-52/h1-49,79H. The molecule has 0 spiro atoms. The van der Waals surface area contributed by atoms with E-state index in [-0.39, 0.29) is 6.71 Å². The van der Waals surface area contributed by atoms with Gasteiger partial charge in [0.1, 0.15) is 0 Å². The molecule has 0 bridgehead atoms. The van der Waals surface area contributed by atoms with Crippen molar-refractivity contribution in [2.45, 2.75) is 0 Å².